The summed E-state index contributed by atoms with van der Waals surface area (Å²) >= 11 is 6.06. The van der Waals surface area contributed by atoms with Crippen molar-refractivity contribution in [1.29, 1.82) is 0 Å². The highest BCUT2D eigenvalue weighted by Gasteiger charge is 2.07. The molecule has 0 fully saturated rings. The van der Waals surface area contributed by atoms with Crippen molar-refractivity contribution in [3.05, 3.63) is 88.5 Å². The van der Waals surface area contributed by atoms with E-state index in [1.165, 1.54) is 16.3 Å². The van der Waals surface area contributed by atoms with Gasteiger partial charge in [0.1, 0.15) is 11.5 Å². The molecule has 4 rings (SSSR count). The number of hydrogen-bond donors (Lipinski definition) is 0. The molecule has 3 aromatic carbocycles. The third-order valence-corrected chi connectivity index (χ3v) is 4.59. The molecule has 1 aromatic heterocycles. The van der Waals surface area contributed by atoms with Crippen molar-refractivity contribution in [2.45, 2.75) is 13.8 Å². The van der Waals surface area contributed by atoms with Crippen molar-refractivity contribution in [2.24, 2.45) is 0 Å². The monoisotopic (exact) mass is 361 g/mol. The Labute approximate surface area is 157 Å². The van der Waals surface area contributed by atoms with Gasteiger partial charge in [0.05, 0.1) is 6.20 Å². The lowest BCUT2D eigenvalue weighted by atomic mass is 10.0. The van der Waals surface area contributed by atoms with Crippen molar-refractivity contribution >= 4 is 33.1 Å². The van der Waals surface area contributed by atoms with Gasteiger partial charge in [-0.15, -0.1) is 6.42 Å². The molecule has 0 unspecified atom stereocenters. The maximum Gasteiger partial charge on any atom is 0.149 e. The summed E-state index contributed by atoms with van der Waals surface area (Å²) in [6.45, 7) is 3.97. The molecule has 0 saturated heterocycles. The van der Waals surface area contributed by atoms with Gasteiger partial charge in [0, 0.05) is 21.2 Å². The highest BCUT2D eigenvalue weighted by molar-refractivity contribution is 6.35. The first kappa shape index (κ1) is 17.9. The molecule has 0 aliphatic heterocycles. The second-order valence-corrected chi connectivity index (χ2v) is 6.42. The Hall–Kier alpha value is -2.89. The van der Waals surface area contributed by atoms with E-state index >= 15 is 0 Å². The molecule has 0 spiro atoms. The Bertz CT molecular complexity index is 1110. The van der Waals surface area contributed by atoms with Gasteiger partial charge in [0.15, 0.2) is 0 Å². The van der Waals surface area contributed by atoms with Crippen molar-refractivity contribution in [3.8, 4) is 12.3 Å². The number of terminal acetylenes is 1. The molecule has 0 radical (unpaired) electrons. The second-order valence-electron chi connectivity index (χ2n) is 6.01. The lowest BCUT2D eigenvalue weighted by molar-refractivity contribution is 0.633. The van der Waals surface area contributed by atoms with Crippen LogP contribution >= 0.6 is 11.6 Å². The SMILES string of the molecule is C#Cc1ncc(F)c2cccc(C)c12.Cc1cccc2cccc(Cl)c12. The van der Waals surface area contributed by atoms with Crippen LogP contribution in [-0.2, 0) is 0 Å². The van der Waals surface area contributed by atoms with E-state index in [1.54, 1.807) is 12.1 Å². The number of fused-ring (bicyclic) bond motifs is 2. The van der Waals surface area contributed by atoms with E-state index in [-0.39, 0.29) is 5.82 Å². The highest BCUT2D eigenvalue weighted by atomic mass is 35.5. The molecule has 0 amide bonds. The predicted octanol–water partition coefficient (Wildman–Crippen LogP) is 6.47. The number of benzene rings is 3. The zero-order chi connectivity index (χ0) is 18.7. The average Bonchev–Trinajstić information content (AvgIpc) is 2.64. The standard InChI is InChI=1S/C12H8FN.C11H9Cl/c1-3-11-12-8(2)5-4-6-9(12)10(13)7-14-11;1-8-4-2-5-9-6-3-7-10(12)11(8)9/h1,4-7H,2H3;2-7H,1H3. The third kappa shape index (κ3) is 3.40. The molecular weight excluding hydrogens is 345 g/mol. The van der Waals surface area contributed by atoms with E-state index < -0.39 is 0 Å². The zero-order valence-electron chi connectivity index (χ0n) is 14.6. The Morgan fingerprint density at radius 2 is 1.54 bits per heavy atom. The maximum absolute atomic E-state index is 13.4. The van der Waals surface area contributed by atoms with Gasteiger partial charge in [-0.1, -0.05) is 60.1 Å². The van der Waals surface area contributed by atoms with Gasteiger partial charge in [-0.3, -0.25) is 0 Å². The number of rotatable bonds is 0. The Balaban J connectivity index is 0.000000152. The summed E-state index contributed by atoms with van der Waals surface area (Å²) in [7, 11) is 0. The minimum Gasteiger partial charge on any atom is -0.244 e. The van der Waals surface area contributed by atoms with E-state index in [0.29, 0.717) is 11.1 Å². The minimum atomic E-state index is -0.331. The number of hydrogen-bond acceptors (Lipinski definition) is 1. The summed E-state index contributed by atoms with van der Waals surface area (Å²) in [5.41, 5.74) is 2.68. The van der Waals surface area contributed by atoms with Crippen LogP contribution in [0.2, 0.25) is 5.02 Å². The Morgan fingerprint density at radius 1 is 0.923 bits per heavy atom. The Morgan fingerprint density at radius 3 is 2.19 bits per heavy atom. The first-order valence-corrected chi connectivity index (χ1v) is 8.55. The molecule has 0 N–H and O–H groups in total. The lowest BCUT2D eigenvalue weighted by Gasteiger charge is -2.04. The van der Waals surface area contributed by atoms with Crippen LogP contribution in [0, 0.1) is 32.0 Å². The van der Waals surface area contributed by atoms with Crippen molar-refractivity contribution in [2.75, 3.05) is 0 Å². The van der Waals surface area contributed by atoms with Crippen molar-refractivity contribution < 1.29 is 4.39 Å². The van der Waals surface area contributed by atoms with Gasteiger partial charge in [0.2, 0.25) is 0 Å². The van der Waals surface area contributed by atoms with Gasteiger partial charge in [-0.05, 0) is 42.3 Å². The van der Waals surface area contributed by atoms with Crippen LogP contribution in [-0.4, -0.2) is 4.98 Å². The summed E-state index contributed by atoms with van der Waals surface area (Å²) in [4.78, 5) is 3.87. The minimum absolute atomic E-state index is 0.331. The van der Waals surface area contributed by atoms with Crippen LogP contribution < -0.4 is 0 Å². The molecule has 0 aliphatic carbocycles. The molecule has 0 aliphatic rings. The van der Waals surface area contributed by atoms with E-state index in [2.05, 4.69) is 36.0 Å². The first-order valence-electron chi connectivity index (χ1n) is 8.17. The number of aryl methyl sites for hydroxylation is 2. The maximum atomic E-state index is 13.4. The van der Waals surface area contributed by atoms with E-state index in [4.69, 9.17) is 18.0 Å². The molecule has 4 aromatic rings. The van der Waals surface area contributed by atoms with E-state index in [9.17, 15) is 4.39 Å². The van der Waals surface area contributed by atoms with Gasteiger partial charge in [-0.2, -0.15) is 0 Å². The van der Waals surface area contributed by atoms with Gasteiger partial charge in [-0.25, -0.2) is 9.37 Å². The summed E-state index contributed by atoms with van der Waals surface area (Å²) in [5.74, 6) is 2.13. The molecular formula is C23H17ClFN. The van der Waals surface area contributed by atoms with Crippen LogP contribution in [0.15, 0.2) is 60.8 Å². The molecule has 128 valence electrons. The Kier molecular flexibility index (Phi) is 5.21. The summed E-state index contributed by atoms with van der Waals surface area (Å²) < 4.78 is 13.4. The van der Waals surface area contributed by atoms with E-state index in [0.717, 1.165) is 22.2 Å². The fourth-order valence-corrected chi connectivity index (χ4v) is 3.35. The number of aromatic nitrogens is 1. The third-order valence-electron chi connectivity index (χ3n) is 4.27. The molecule has 3 heteroatoms. The molecule has 1 nitrogen and oxygen atoms in total. The highest BCUT2D eigenvalue weighted by Crippen LogP contribution is 2.26. The number of halogens is 2. The van der Waals surface area contributed by atoms with Crippen LogP contribution in [0.5, 0.6) is 0 Å². The van der Waals surface area contributed by atoms with Crippen molar-refractivity contribution in [3.63, 3.8) is 0 Å². The summed E-state index contributed by atoms with van der Waals surface area (Å²) in [5, 5.41) is 4.48. The van der Waals surface area contributed by atoms with Gasteiger partial charge >= 0.3 is 0 Å². The van der Waals surface area contributed by atoms with Crippen LogP contribution in [0.1, 0.15) is 16.8 Å². The first-order chi connectivity index (χ1) is 12.5. The smallest absolute Gasteiger partial charge is 0.149 e. The van der Waals surface area contributed by atoms with E-state index in [1.807, 2.05) is 31.2 Å². The molecule has 26 heavy (non-hydrogen) atoms. The topological polar surface area (TPSA) is 12.9 Å². The molecule has 0 bridgehead atoms. The molecule has 1 heterocycles. The van der Waals surface area contributed by atoms with Gasteiger partial charge < -0.3 is 0 Å². The summed E-state index contributed by atoms with van der Waals surface area (Å²) in [6.07, 6.45) is 6.46. The molecule has 0 saturated carbocycles. The normalized spacial score (nSPS) is 10.3. The lowest BCUT2D eigenvalue weighted by Crippen LogP contribution is -1.91. The van der Waals surface area contributed by atoms with Crippen molar-refractivity contribution in [1.82, 2.24) is 4.98 Å². The quantitative estimate of drug-likeness (QED) is 0.327. The second kappa shape index (κ2) is 7.56. The largest absolute Gasteiger partial charge is 0.244 e. The fraction of sp³-hybridized carbons (Fsp3) is 0.0870. The summed E-state index contributed by atoms with van der Waals surface area (Å²) in [6, 6.07) is 17.6. The van der Waals surface area contributed by atoms with Crippen LogP contribution in [0.25, 0.3) is 21.5 Å². The van der Waals surface area contributed by atoms with Crippen LogP contribution in [0.4, 0.5) is 4.39 Å². The fourth-order valence-electron chi connectivity index (χ4n) is 3.02. The number of nitrogens with zero attached hydrogens (tertiary/aromatic N) is 1. The number of pyridine rings is 1. The zero-order valence-corrected chi connectivity index (χ0v) is 15.3. The molecule has 0 atom stereocenters. The van der Waals surface area contributed by atoms with Gasteiger partial charge in [0.25, 0.3) is 0 Å². The predicted molar refractivity (Wildman–Crippen MR) is 108 cm³/mol. The van der Waals surface area contributed by atoms with Crippen LogP contribution in [0.3, 0.4) is 0 Å². The average molecular weight is 362 g/mol.